The number of carbonyl (C=O) groups is 1. The van der Waals surface area contributed by atoms with Gasteiger partial charge in [-0.05, 0) is 18.2 Å². The Kier molecular flexibility index (Phi) is 4.81. The highest BCUT2D eigenvalue weighted by Crippen LogP contribution is 2.21. The van der Waals surface area contributed by atoms with E-state index < -0.39 is 0 Å². The van der Waals surface area contributed by atoms with E-state index in [4.69, 9.17) is 10.5 Å². The normalized spacial score (nSPS) is 9.41. The van der Waals surface area contributed by atoms with Gasteiger partial charge in [-0.15, -0.1) is 6.58 Å². The van der Waals surface area contributed by atoms with Crippen LogP contribution < -0.4 is 15.8 Å². The van der Waals surface area contributed by atoms with Gasteiger partial charge in [0.2, 0.25) is 0 Å². The van der Waals surface area contributed by atoms with Gasteiger partial charge in [0.25, 0.3) is 5.91 Å². The van der Waals surface area contributed by atoms with E-state index >= 15 is 0 Å². The molecule has 1 aromatic carbocycles. The minimum atomic E-state index is -0.240. The number of ether oxygens (including phenoxy) is 1. The van der Waals surface area contributed by atoms with Gasteiger partial charge >= 0.3 is 0 Å². The van der Waals surface area contributed by atoms with E-state index in [9.17, 15) is 4.79 Å². The van der Waals surface area contributed by atoms with Gasteiger partial charge in [-0.1, -0.05) is 18.7 Å². The van der Waals surface area contributed by atoms with Crippen LogP contribution in [-0.2, 0) is 0 Å². The van der Waals surface area contributed by atoms with Gasteiger partial charge in [0, 0.05) is 12.2 Å². The van der Waals surface area contributed by atoms with E-state index in [2.05, 4.69) is 18.5 Å². The van der Waals surface area contributed by atoms with Crippen molar-refractivity contribution in [1.82, 2.24) is 5.32 Å². The predicted octanol–water partition coefficient (Wildman–Crippen LogP) is 1.75. The second-order valence-corrected chi connectivity index (χ2v) is 3.35. The lowest BCUT2D eigenvalue weighted by Gasteiger charge is -2.10. The van der Waals surface area contributed by atoms with Gasteiger partial charge in [-0.2, -0.15) is 0 Å². The first-order chi connectivity index (χ1) is 8.19. The summed E-state index contributed by atoms with van der Waals surface area (Å²) in [5.74, 6) is 0.247. The molecule has 4 heteroatoms. The molecule has 4 nitrogen and oxygen atoms in total. The fourth-order valence-corrected chi connectivity index (χ4v) is 1.26. The molecule has 0 fully saturated rings. The highest BCUT2D eigenvalue weighted by atomic mass is 16.5. The van der Waals surface area contributed by atoms with Crippen LogP contribution in [0.3, 0.4) is 0 Å². The minimum absolute atomic E-state index is 0.240. The van der Waals surface area contributed by atoms with Crippen molar-refractivity contribution in [3.63, 3.8) is 0 Å². The minimum Gasteiger partial charge on any atom is -0.489 e. The molecule has 0 aliphatic carbocycles. The third-order valence-electron chi connectivity index (χ3n) is 2.01. The second-order valence-electron chi connectivity index (χ2n) is 3.35. The average molecular weight is 232 g/mol. The maximum Gasteiger partial charge on any atom is 0.255 e. The Labute approximate surface area is 101 Å². The maximum absolute atomic E-state index is 11.8. The van der Waals surface area contributed by atoms with Crippen molar-refractivity contribution in [2.45, 2.75) is 0 Å². The zero-order valence-corrected chi connectivity index (χ0v) is 9.61. The summed E-state index contributed by atoms with van der Waals surface area (Å²) >= 11 is 0. The lowest BCUT2D eigenvalue weighted by molar-refractivity contribution is 0.0954. The molecule has 1 rings (SSSR count). The summed E-state index contributed by atoms with van der Waals surface area (Å²) in [5.41, 5.74) is 6.57. The van der Waals surface area contributed by atoms with Crippen molar-refractivity contribution in [2.24, 2.45) is 0 Å². The van der Waals surface area contributed by atoms with Crippen LogP contribution >= 0.6 is 0 Å². The van der Waals surface area contributed by atoms with Crippen LogP contribution in [-0.4, -0.2) is 19.1 Å². The molecule has 1 amide bonds. The predicted molar refractivity (Wildman–Crippen MR) is 69.1 cm³/mol. The number of anilines is 1. The van der Waals surface area contributed by atoms with Gasteiger partial charge in [0.15, 0.2) is 0 Å². The highest BCUT2D eigenvalue weighted by Gasteiger charge is 2.12. The van der Waals surface area contributed by atoms with E-state index in [1.807, 2.05) is 0 Å². The molecule has 0 heterocycles. The molecule has 0 unspecified atom stereocenters. The molecule has 17 heavy (non-hydrogen) atoms. The van der Waals surface area contributed by atoms with Crippen molar-refractivity contribution in [3.05, 3.63) is 49.1 Å². The van der Waals surface area contributed by atoms with E-state index in [-0.39, 0.29) is 5.91 Å². The number of hydrogen-bond donors (Lipinski definition) is 2. The average Bonchev–Trinajstić information content (AvgIpc) is 2.34. The van der Waals surface area contributed by atoms with Gasteiger partial charge in [-0.25, -0.2) is 0 Å². The van der Waals surface area contributed by atoms with Gasteiger partial charge in [0.05, 0.1) is 5.56 Å². The molecule has 3 N–H and O–H groups in total. The first-order valence-corrected chi connectivity index (χ1v) is 5.21. The lowest BCUT2D eigenvalue weighted by Crippen LogP contribution is -2.24. The van der Waals surface area contributed by atoms with Crippen LogP contribution in [0.25, 0.3) is 0 Å². The molecule has 90 valence electrons. The first-order valence-electron chi connectivity index (χ1n) is 5.21. The summed E-state index contributed by atoms with van der Waals surface area (Å²) in [6, 6.07) is 4.93. The zero-order chi connectivity index (χ0) is 12.7. The fraction of sp³-hybridized carbons (Fsp3) is 0.154. The Hall–Kier alpha value is -2.23. The summed E-state index contributed by atoms with van der Waals surface area (Å²) in [5, 5.41) is 2.67. The van der Waals surface area contributed by atoms with Crippen LogP contribution in [0.1, 0.15) is 10.4 Å². The van der Waals surface area contributed by atoms with Gasteiger partial charge in [0.1, 0.15) is 12.4 Å². The number of nitrogens with two attached hydrogens (primary N) is 1. The van der Waals surface area contributed by atoms with Crippen molar-refractivity contribution in [3.8, 4) is 5.75 Å². The van der Waals surface area contributed by atoms with E-state index in [1.54, 1.807) is 30.4 Å². The third kappa shape index (κ3) is 3.68. The molecule has 0 spiro atoms. The number of nitrogens with one attached hydrogen (secondary N) is 1. The Morgan fingerprint density at radius 3 is 2.82 bits per heavy atom. The molecular formula is C13H16N2O2. The topological polar surface area (TPSA) is 64.4 Å². The summed E-state index contributed by atoms with van der Waals surface area (Å²) in [6.07, 6.45) is 3.22. The van der Waals surface area contributed by atoms with Crippen LogP contribution in [0, 0.1) is 0 Å². The number of carbonyl (C=O) groups excluding carboxylic acids is 1. The molecule has 0 atom stereocenters. The Morgan fingerprint density at radius 2 is 2.18 bits per heavy atom. The number of hydrogen-bond acceptors (Lipinski definition) is 3. The summed E-state index contributed by atoms with van der Waals surface area (Å²) < 4.78 is 5.38. The van der Waals surface area contributed by atoms with Crippen LogP contribution in [0.15, 0.2) is 43.5 Å². The van der Waals surface area contributed by atoms with Crippen molar-refractivity contribution < 1.29 is 9.53 Å². The van der Waals surface area contributed by atoms with Gasteiger partial charge < -0.3 is 15.8 Å². The smallest absolute Gasteiger partial charge is 0.255 e. The molecule has 0 aliphatic rings. The van der Waals surface area contributed by atoms with E-state index in [0.717, 1.165) is 0 Å². The van der Waals surface area contributed by atoms with Crippen molar-refractivity contribution >= 4 is 11.6 Å². The largest absolute Gasteiger partial charge is 0.489 e. The first kappa shape index (κ1) is 12.8. The number of nitrogen functional groups attached to an aromatic ring is 1. The molecule has 0 saturated heterocycles. The van der Waals surface area contributed by atoms with Crippen LogP contribution in [0.2, 0.25) is 0 Å². The van der Waals surface area contributed by atoms with Crippen molar-refractivity contribution in [1.29, 1.82) is 0 Å². The summed E-state index contributed by atoms with van der Waals surface area (Å²) in [7, 11) is 0. The molecular weight excluding hydrogens is 216 g/mol. The second kappa shape index (κ2) is 6.37. The van der Waals surface area contributed by atoms with E-state index in [0.29, 0.717) is 30.2 Å². The lowest BCUT2D eigenvalue weighted by atomic mass is 10.1. The van der Waals surface area contributed by atoms with Gasteiger partial charge in [-0.3, -0.25) is 4.79 Å². The molecule has 0 aromatic heterocycles. The van der Waals surface area contributed by atoms with Crippen LogP contribution in [0.4, 0.5) is 5.69 Å². The third-order valence-corrected chi connectivity index (χ3v) is 2.01. The number of rotatable bonds is 6. The zero-order valence-electron chi connectivity index (χ0n) is 9.61. The molecule has 1 aromatic rings. The van der Waals surface area contributed by atoms with E-state index in [1.165, 1.54) is 0 Å². The summed E-state index contributed by atoms with van der Waals surface area (Å²) in [6.45, 7) is 7.82. The molecule has 0 aliphatic heterocycles. The van der Waals surface area contributed by atoms with Crippen molar-refractivity contribution in [2.75, 3.05) is 18.9 Å². The Bertz CT molecular complexity index is 427. The standard InChI is InChI=1S/C13H16N2O2/c1-3-7-15-13(16)11-9-10(14)5-6-12(11)17-8-4-2/h3-6,9H,1-2,7-8,14H2,(H,15,16). The van der Waals surface area contributed by atoms with Crippen LogP contribution in [0.5, 0.6) is 5.75 Å². The SMILES string of the molecule is C=CCNC(=O)c1cc(N)ccc1OCC=C. The molecule has 0 radical (unpaired) electrons. The highest BCUT2D eigenvalue weighted by molar-refractivity contribution is 5.97. The molecule has 0 bridgehead atoms. The fourth-order valence-electron chi connectivity index (χ4n) is 1.26. The quantitative estimate of drug-likeness (QED) is 0.580. The molecule has 0 saturated carbocycles. The summed E-state index contributed by atoms with van der Waals surface area (Å²) in [4.78, 5) is 11.8. The number of benzene rings is 1. The monoisotopic (exact) mass is 232 g/mol. The Balaban J connectivity index is 2.92. The maximum atomic E-state index is 11.8. The Morgan fingerprint density at radius 1 is 1.41 bits per heavy atom. The number of amides is 1.